The van der Waals surface area contributed by atoms with Gasteiger partial charge in [-0.05, 0) is 54.7 Å². The predicted molar refractivity (Wildman–Crippen MR) is 112 cm³/mol. The molecule has 2 heterocycles. The van der Waals surface area contributed by atoms with Gasteiger partial charge >= 0.3 is 0 Å². The average molecular weight is 402 g/mol. The normalized spacial score (nSPS) is 21.9. The van der Waals surface area contributed by atoms with Crippen molar-refractivity contribution in [1.29, 1.82) is 0 Å². The molecule has 2 amide bonds. The Balaban J connectivity index is 1.41. The first-order chi connectivity index (χ1) is 14.0. The molecule has 7 nitrogen and oxygen atoms in total. The van der Waals surface area contributed by atoms with Gasteiger partial charge in [-0.3, -0.25) is 15.0 Å². The molecule has 0 radical (unpaired) electrons. The molecule has 0 aromatic heterocycles. The summed E-state index contributed by atoms with van der Waals surface area (Å²) >= 11 is 0. The van der Waals surface area contributed by atoms with Gasteiger partial charge in [0.15, 0.2) is 0 Å². The molecule has 2 aliphatic rings. The van der Waals surface area contributed by atoms with Crippen molar-refractivity contribution in [3.63, 3.8) is 0 Å². The fourth-order valence-corrected chi connectivity index (χ4v) is 3.82. The molecule has 3 N–H and O–H groups in total. The second-order valence-electron chi connectivity index (χ2n) is 8.03. The van der Waals surface area contributed by atoms with E-state index < -0.39 is 0 Å². The highest BCUT2D eigenvalue weighted by Crippen LogP contribution is 2.20. The van der Waals surface area contributed by atoms with Gasteiger partial charge in [-0.1, -0.05) is 6.92 Å². The monoisotopic (exact) mass is 401 g/mol. The van der Waals surface area contributed by atoms with E-state index in [1.54, 1.807) is 12.0 Å². The molecule has 1 aromatic rings. The number of rotatable bonds is 8. The molecule has 0 unspecified atom stereocenters. The van der Waals surface area contributed by atoms with Gasteiger partial charge in [-0.25, -0.2) is 5.01 Å². The minimum atomic E-state index is -0.135. The van der Waals surface area contributed by atoms with E-state index in [4.69, 9.17) is 4.74 Å². The van der Waals surface area contributed by atoms with E-state index in [2.05, 4.69) is 17.7 Å². The number of methoxy groups -OCH3 is 1. The predicted octanol–water partition coefficient (Wildman–Crippen LogP) is 0.594. The number of likely N-dealkylation sites (tertiary alicyclic amines) is 1. The van der Waals surface area contributed by atoms with Crippen molar-refractivity contribution in [3.05, 3.63) is 35.9 Å². The number of carbonyl (C=O) groups excluding carboxylic acids is 2. The number of quaternary nitrogens is 1. The van der Waals surface area contributed by atoms with Gasteiger partial charge in [0.1, 0.15) is 12.3 Å². The summed E-state index contributed by atoms with van der Waals surface area (Å²) in [5, 5.41) is 4.34. The zero-order valence-electron chi connectivity index (χ0n) is 17.5. The molecule has 1 fully saturated rings. The molecule has 2 aliphatic heterocycles. The number of carbonyl (C=O) groups is 2. The standard InChI is InChI=1S/C22H32N4O3/c1-17-10-14-25(15-11-17)13-3-12-23-21(27)16-26-22(28)9-8-20(24-26)18-4-6-19(29-2)7-5-18/h4-8,17,24H,3,9-16H2,1-2H3,(H,23,27)/p+1. The van der Waals surface area contributed by atoms with Crippen LogP contribution < -0.4 is 20.4 Å². The van der Waals surface area contributed by atoms with Gasteiger partial charge < -0.3 is 15.0 Å². The van der Waals surface area contributed by atoms with E-state index >= 15 is 0 Å². The molecule has 0 spiro atoms. The van der Waals surface area contributed by atoms with E-state index in [1.807, 2.05) is 30.3 Å². The minimum Gasteiger partial charge on any atom is -0.497 e. The molecule has 7 heteroatoms. The van der Waals surface area contributed by atoms with Crippen LogP contribution in [0.25, 0.3) is 5.70 Å². The van der Waals surface area contributed by atoms with Crippen LogP contribution >= 0.6 is 0 Å². The van der Waals surface area contributed by atoms with Crippen molar-refractivity contribution in [2.75, 3.05) is 39.8 Å². The second kappa shape index (κ2) is 10.3. The Bertz CT molecular complexity index is 724. The Hall–Kier alpha value is -2.54. The number of amides is 2. The number of hydrazine groups is 1. The van der Waals surface area contributed by atoms with Crippen LogP contribution in [0.3, 0.4) is 0 Å². The van der Waals surface area contributed by atoms with Crippen LogP contribution in [0.4, 0.5) is 0 Å². The molecule has 0 bridgehead atoms. The van der Waals surface area contributed by atoms with Crippen LogP contribution in [0.15, 0.2) is 30.3 Å². The smallest absolute Gasteiger partial charge is 0.245 e. The number of hydrogen-bond acceptors (Lipinski definition) is 4. The number of piperidine rings is 1. The summed E-state index contributed by atoms with van der Waals surface area (Å²) in [5.74, 6) is 1.39. The molecule has 158 valence electrons. The van der Waals surface area contributed by atoms with Crippen molar-refractivity contribution in [3.8, 4) is 5.75 Å². The molecule has 29 heavy (non-hydrogen) atoms. The zero-order chi connectivity index (χ0) is 20.6. The van der Waals surface area contributed by atoms with Crippen molar-refractivity contribution in [2.24, 2.45) is 5.92 Å². The topological polar surface area (TPSA) is 75.1 Å². The molecular weight excluding hydrogens is 368 g/mol. The highest BCUT2D eigenvalue weighted by Gasteiger charge is 2.22. The van der Waals surface area contributed by atoms with E-state index in [1.165, 1.54) is 30.9 Å². The Morgan fingerprint density at radius 2 is 2.00 bits per heavy atom. The van der Waals surface area contributed by atoms with Crippen LogP contribution in [0.1, 0.15) is 38.2 Å². The van der Waals surface area contributed by atoms with E-state index in [0.717, 1.165) is 35.9 Å². The third kappa shape index (κ3) is 6.22. The zero-order valence-corrected chi connectivity index (χ0v) is 17.5. The molecule has 0 saturated carbocycles. The van der Waals surface area contributed by atoms with Crippen LogP contribution in [0.5, 0.6) is 5.75 Å². The summed E-state index contributed by atoms with van der Waals surface area (Å²) in [6.07, 6.45) is 5.69. The minimum absolute atomic E-state index is 0.0143. The first-order valence-corrected chi connectivity index (χ1v) is 10.6. The van der Waals surface area contributed by atoms with Gasteiger partial charge in [0.2, 0.25) is 11.8 Å². The summed E-state index contributed by atoms with van der Waals surface area (Å²) in [6, 6.07) is 7.59. The first kappa shape index (κ1) is 21.2. The van der Waals surface area contributed by atoms with E-state index in [0.29, 0.717) is 6.54 Å². The maximum absolute atomic E-state index is 12.3. The number of ether oxygens (including phenoxy) is 1. The Morgan fingerprint density at radius 3 is 2.69 bits per heavy atom. The van der Waals surface area contributed by atoms with Crippen LogP contribution in [-0.4, -0.2) is 56.7 Å². The third-order valence-corrected chi connectivity index (χ3v) is 5.75. The van der Waals surface area contributed by atoms with Gasteiger partial charge in [0.25, 0.3) is 0 Å². The number of nitrogens with zero attached hydrogens (tertiary/aromatic N) is 1. The fraction of sp³-hybridized carbons (Fsp3) is 0.545. The number of benzene rings is 1. The van der Waals surface area contributed by atoms with Gasteiger partial charge in [0.05, 0.1) is 32.4 Å². The van der Waals surface area contributed by atoms with Crippen LogP contribution in [-0.2, 0) is 9.59 Å². The first-order valence-electron chi connectivity index (χ1n) is 10.6. The summed E-state index contributed by atoms with van der Waals surface area (Å²) in [4.78, 5) is 26.1. The highest BCUT2D eigenvalue weighted by molar-refractivity contribution is 5.88. The van der Waals surface area contributed by atoms with E-state index in [9.17, 15) is 9.59 Å². The Labute approximate surface area is 173 Å². The summed E-state index contributed by atoms with van der Waals surface area (Å²) in [6.45, 7) is 6.56. The lowest BCUT2D eigenvalue weighted by Gasteiger charge is -2.29. The lowest BCUT2D eigenvalue weighted by Crippen LogP contribution is -3.13. The number of nitrogens with one attached hydrogen (secondary N) is 3. The highest BCUT2D eigenvalue weighted by atomic mass is 16.5. The summed E-state index contributed by atoms with van der Waals surface area (Å²) in [5.41, 5.74) is 4.84. The molecule has 3 rings (SSSR count). The molecule has 0 atom stereocenters. The van der Waals surface area contributed by atoms with Gasteiger partial charge in [-0.2, -0.15) is 0 Å². The van der Waals surface area contributed by atoms with Crippen LogP contribution in [0.2, 0.25) is 0 Å². The van der Waals surface area contributed by atoms with Gasteiger partial charge in [0, 0.05) is 19.4 Å². The molecule has 0 aliphatic carbocycles. The quantitative estimate of drug-likeness (QED) is 0.558. The number of hydrogen-bond donors (Lipinski definition) is 3. The third-order valence-electron chi connectivity index (χ3n) is 5.75. The Morgan fingerprint density at radius 1 is 1.28 bits per heavy atom. The van der Waals surface area contributed by atoms with Crippen molar-refractivity contribution in [2.45, 2.75) is 32.6 Å². The molecule has 1 saturated heterocycles. The lowest BCUT2D eigenvalue weighted by atomic mass is 9.99. The van der Waals surface area contributed by atoms with E-state index in [-0.39, 0.29) is 24.8 Å². The SMILES string of the molecule is COc1ccc(C2=CCC(=O)N(CC(=O)NCCC[NH+]3CCC(C)CC3)N2)cc1. The summed E-state index contributed by atoms with van der Waals surface area (Å²) in [7, 11) is 1.63. The van der Waals surface area contributed by atoms with Crippen molar-refractivity contribution >= 4 is 17.5 Å². The van der Waals surface area contributed by atoms with Crippen molar-refractivity contribution < 1.29 is 19.2 Å². The average Bonchev–Trinajstić information content (AvgIpc) is 2.74. The maximum Gasteiger partial charge on any atom is 0.245 e. The molecular formula is C22H33N4O3+. The summed E-state index contributed by atoms with van der Waals surface area (Å²) < 4.78 is 5.18. The Kier molecular flexibility index (Phi) is 7.52. The lowest BCUT2D eigenvalue weighted by molar-refractivity contribution is -0.906. The largest absolute Gasteiger partial charge is 0.497 e. The maximum atomic E-state index is 12.3. The van der Waals surface area contributed by atoms with Crippen molar-refractivity contribution in [1.82, 2.24) is 15.8 Å². The fourth-order valence-electron chi connectivity index (χ4n) is 3.82. The van der Waals surface area contributed by atoms with Gasteiger partial charge in [-0.15, -0.1) is 0 Å². The molecule has 1 aromatic carbocycles. The van der Waals surface area contributed by atoms with Crippen LogP contribution in [0, 0.1) is 5.92 Å². The second-order valence-corrected chi connectivity index (χ2v) is 8.03.